The van der Waals surface area contributed by atoms with Crippen molar-refractivity contribution in [2.45, 2.75) is 58.8 Å². The summed E-state index contributed by atoms with van der Waals surface area (Å²) in [4.78, 5) is 13.6. The van der Waals surface area contributed by atoms with Gasteiger partial charge in [-0.3, -0.25) is 9.69 Å². The van der Waals surface area contributed by atoms with Crippen molar-refractivity contribution in [1.82, 2.24) is 10.2 Å². The highest BCUT2D eigenvalue weighted by Gasteiger charge is 2.42. The molecule has 1 aliphatic heterocycles. The van der Waals surface area contributed by atoms with Gasteiger partial charge in [-0.1, -0.05) is 0 Å². The van der Waals surface area contributed by atoms with Gasteiger partial charge in [0.1, 0.15) is 6.04 Å². The molecular formula is C10H20N2O. The van der Waals surface area contributed by atoms with E-state index >= 15 is 0 Å². The molecule has 0 bridgehead atoms. The molecule has 1 N–H and O–H groups in total. The van der Waals surface area contributed by atoms with Crippen LogP contribution in [0, 0.1) is 0 Å². The third-order valence-electron chi connectivity index (χ3n) is 2.63. The third kappa shape index (κ3) is 1.85. The first-order valence-electron chi connectivity index (χ1n) is 5.03. The van der Waals surface area contributed by atoms with Crippen LogP contribution < -0.4 is 5.32 Å². The average Bonchev–Trinajstić information content (AvgIpc) is 1.99. The maximum Gasteiger partial charge on any atom is 0.239 e. The molecule has 13 heavy (non-hydrogen) atoms. The fraction of sp³-hybridized carbons (Fsp3) is 0.900. The highest BCUT2D eigenvalue weighted by molar-refractivity contribution is 5.89. The minimum absolute atomic E-state index is 0.0833. The van der Waals surface area contributed by atoms with E-state index in [-0.39, 0.29) is 11.9 Å². The van der Waals surface area contributed by atoms with Gasteiger partial charge < -0.3 is 5.32 Å². The molecule has 0 unspecified atom stereocenters. The molecule has 1 amide bonds. The number of carbonyl (C=O) groups excluding carboxylic acids is 1. The van der Waals surface area contributed by atoms with E-state index in [0.29, 0.717) is 18.1 Å². The van der Waals surface area contributed by atoms with Crippen LogP contribution in [0.15, 0.2) is 0 Å². The molecule has 76 valence electrons. The summed E-state index contributed by atoms with van der Waals surface area (Å²) in [5, 5.41) is 2.87. The summed E-state index contributed by atoms with van der Waals surface area (Å²) in [6.07, 6.45) is 0. The van der Waals surface area contributed by atoms with Gasteiger partial charge in [0.15, 0.2) is 0 Å². The average molecular weight is 184 g/mol. The fourth-order valence-electron chi connectivity index (χ4n) is 2.15. The molecule has 0 aliphatic carbocycles. The minimum Gasteiger partial charge on any atom is -0.350 e. The fourth-order valence-corrected chi connectivity index (χ4v) is 2.15. The molecule has 2 atom stereocenters. The van der Waals surface area contributed by atoms with Crippen molar-refractivity contribution >= 4 is 5.91 Å². The molecule has 1 rings (SSSR count). The first kappa shape index (κ1) is 10.5. The SMILES string of the molecule is CC(C)N(C(C)C)[C@@H]1C(=O)N[C@H]1C. The Morgan fingerprint density at radius 2 is 1.69 bits per heavy atom. The molecule has 3 nitrogen and oxygen atoms in total. The van der Waals surface area contributed by atoms with Crippen molar-refractivity contribution in [3.8, 4) is 0 Å². The lowest BCUT2D eigenvalue weighted by Gasteiger charge is -2.46. The molecule has 0 radical (unpaired) electrons. The zero-order valence-electron chi connectivity index (χ0n) is 9.16. The Labute approximate surface area is 80.5 Å². The lowest BCUT2D eigenvalue weighted by atomic mass is 9.96. The van der Waals surface area contributed by atoms with E-state index in [0.717, 1.165) is 0 Å². The van der Waals surface area contributed by atoms with Crippen LogP contribution in [-0.2, 0) is 4.79 Å². The zero-order chi connectivity index (χ0) is 10.2. The maximum absolute atomic E-state index is 11.3. The molecule has 1 saturated heterocycles. The number of amides is 1. The standard InChI is InChI=1S/C10H20N2O/c1-6(2)12(7(3)4)9-8(5)11-10(9)13/h6-9H,1-5H3,(H,11,13)/t8-,9-/m0/s1. The van der Waals surface area contributed by atoms with Gasteiger partial charge in [0.25, 0.3) is 0 Å². The van der Waals surface area contributed by atoms with E-state index in [1.807, 2.05) is 0 Å². The molecule has 1 aliphatic rings. The number of carbonyl (C=O) groups is 1. The second kappa shape index (κ2) is 3.66. The number of nitrogens with one attached hydrogen (secondary N) is 1. The molecule has 1 fully saturated rings. The third-order valence-corrected chi connectivity index (χ3v) is 2.63. The van der Waals surface area contributed by atoms with Gasteiger partial charge in [0, 0.05) is 12.1 Å². The summed E-state index contributed by atoms with van der Waals surface area (Å²) < 4.78 is 0. The van der Waals surface area contributed by atoms with Crippen LogP contribution in [0.25, 0.3) is 0 Å². The maximum atomic E-state index is 11.3. The van der Waals surface area contributed by atoms with E-state index in [9.17, 15) is 4.79 Å². The lowest BCUT2D eigenvalue weighted by Crippen LogP contribution is -2.70. The van der Waals surface area contributed by atoms with Gasteiger partial charge in [-0.2, -0.15) is 0 Å². The number of rotatable bonds is 3. The van der Waals surface area contributed by atoms with E-state index in [1.165, 1.54) is 0 Å². The Hall–Kier alpha value is -0.570. The van der Waals surface area contributed by atoms with Gasteiger partial charge in [0.05, 0.1) is 6.04 Å². The van der Waals surface area contributed by atoms with Crippen molar-refractivity contribution in [2.75, 3.05) is 0 Å². The number of β-lactam (4-membered cyclic amide) rings is 1. The zero-order valence-corrected chi connectivity index (χ0v) is 9.16. The summed E-state index contributed by atoms with van der Waals surface area (Å²) in [7, 11) is 0. The normalized spacial score (nSPS) is 28.2. The van der Waals surface area contributed by atoms with Gasteiger partial charge in [-0.05, 0) is 34.6 Å². The Morgan fingerprint density at radius 3 is 1.85 bits per heavy atom. The summed E-state index contributed by atoms with van der Waals surface area (Å²) in [5.41, 5.74) is 0. The Balaban J connectivity index is 2.70. The Morgan fingerprint density at radius 1 is 1.23 bits per heavy atom. The van der Waals surface area contributed by atoms with E-state index in [4.69, 9.17) is 0 Å². The lowest BCUT2D eigenvalue weighted by molar-refractivity contribution is -0.139. The summed E-state index contributed by atoms with van der Waals surface area (Å²) >= 11 is 0. The highest BCUT2D eigenvalue weighted by Crippen LogP contribution is 2.19. The summed E-state index contributed by atoms with van der Waals surface area (Å²) in [5.74, 6) is 0.176. The van der Waals surface area contributed by atoms with Gasteiger partial charge in [0.2, 0.25) is 5.91 Å². The first-order chi connectivity index (χ1) is 5.95. The van der Waals surface area contributed by atoms with Crippen LogP contribution in [0.1, 0.15) is 34.6 Å². The summed E-state index contributed by atoms with van der Waals surface area (Å²) in [6, 6.07) is 1.24. The highest BCUT2D eigenvalue weighted by atomic mass is 16.2. The van der Waals surface area contributed by atoms with Crippen molar-refractivity contribution in [1.29, 1.82) is 0 Å². The molecule has 0 spiro atoms. The predicted molar refractivity (Wildman–Crippen MR) is 53.5 cm³/mol. The van der Waals surface area contributed by atoms with Crippen molar-refractivity contribution in [3.05, 3.63) is 0 Å². The second-order valence-electron chi connectivity index (χ2n) is 4.38. The van der Waals surface area contributed by atoms with Gasteiger partial charge in [-0.15, -0.1) is 0 Å². The summed E-state index contributed by atoms with van der Waals surface area (Å²) in [6.45, 7) is 10.6. The molecule has 0 aromatic carbocycles. The van der Waals surface area contributed by atoms with Gasteiger partial charge >= 0.3 is 0 Å². The molecular weight excluding hydrogens is 164 g/mol. The monoisotopic (exact) mass is 184 g/mol. The number of hydrogen-bond acceptors (Lipinski definition) is 2. The van der Waals surface area contributed by atoms with Crippen LogP contribution >= 0.6 is 0 Å². The Kier molecular flexibility index (Phi) is 2.96. The van der Waals surface area contributed by atoms with Crippen LogP contribution in [0.4, 0.5) is 0 Å². The predicted octanol–water partition coefficient (Wildman–Crippen LogP) is 0.992. The topological polar surface area (TPSA) is 32.3 Å². The first-order valence-corrected chi connectivity index (χ1v) is 5.03. The molecule has 0 aromatic rings. The number of nitrogens with zero attached hydrogens (tertiary/aromatic N) is 1. The molecule has 3 heteroatoms. The van der Waals surface area contributed by atoms with E-state index in [2.05, 4.69) is 44.8 Å². The van der Waals surface area contributed by atoms with Crippen molar-refractivity contribution in [2.24, 2.45) is 0 Å². The minimum atomic E-state index is 0.0833. The Bertz CT molecular complexity index is 193. The molecule has 1 heterocycles. The van der Waals surface area contributed by atoms with Crippen molar-refractivity contribution < 1.29 is 4.79 Å². The molecule has 0 aromatic heterocycles. The van der Waals surface area contributed by atoms with E-state index in [1.54, 1.807) is 0 Å². The van der Waals surface area contributed by atoms with Crippen LogP contribution in [0.2, 0.25) is 0 Å². The van der Waals surface area contributed by atoms with Crippen LogP contribution in [-0.4, -0.2) is 35.0 Å². The second-order valence-corrected chi connectivity index (χ2v) is 4.38. The van der Waals surface area contributed by atoms with Crippen molar-refractivity contribution in [3.63, 3.8) is 0 Å². The van der Waals surface area contributed by atoms with Crippen LogP contribution in [0.3, 0.4) is 0 Å². The number of hydrogen-bond donors (Lipinski definition) is 1. The quantitative estimate of drug-likeness (QED) is 0.663. The molecule has 0 saturated carbocycles. The smallest absolute Gasteiger partial charge is 0.239 e. The van der Waals surface area contributed by atoms with Gasteiger partial charge in [-0.25, -0.2) is 0 Å². The largest absolute Gasteiger partial charge is 0.350 e. The van der Waals surface area contributed by atoms with Crippen LogP contribution in [0.5, 0.6) is 0 Å². The van der Waals surface area contributed by atoms with E-state index < -0.39 is 0 Å².